The van der Waals surface area contributed by atoms with Gasteiger partial charge in [0.05, 0.1) is 4.90 Å². The van der Waals surface area contributed by atoms with E-state index in [0.717, 1.165) is 22.9 Å². The lowest BCUT2D eigenvalue weighted by Crippen LogP contribution is -2.05. The number of hydrogen-bond donors (Lipinski definition) is 2. The van der Waals surface area contributed by atoms with Crippen LogP contribution < -0.4 is 4.74 Å². The number of hydrogen-bond acceptors (Lipinski definition) is 5. The fraction of sp³-hybridized carbons (Fsp3) is 0.208. The van der Waals surface area contributed by atoms with Gasteiger partial charge in [0.1, 0.15) is 23.7 Å². The number of aromatic hydroxyl groups is 1. The van der Waals surface area contributed by atoms with Crippen molar-refractivity contribution in [1.29, 1.82) is 0 Å². The minimum atomic E-state index is -3.38. The van der Waals surface area contributed by atoms with E-state index in [-0.39, 0.29) is 16.2 Å². The molecule has 2 N–H and O–H groups in total. The van der Waals surface area contributed by atoms with Gasteiger partial charge in [-0.05, 0) is 66.3 Å². The first-order chi connectivity index (χ1) is 14.7. The van der Waals surface area contributed by atoms with Crippen LogP contribution in [-0.4, -0.2) is 30.9 Å². The summed E-state index contributed by atoms with van der Waals surface area (Å²) in [5.74, 6) is -0.861. The maximum absolute atomic E-state index is 12.0. The Morgan fingerprint density at radius 3 is 2.29 bits per heavy atom. The van der Waals surface area contributed by atoms with Crippen LogP contribution in [0.1, 0.15) is 32.6 Å². The van der Waals surface area contributed by atoms with E-state index in [1.54, 1.807) is 25.1 Å². The monoisotopic (exact) mass is 440 g/mol. The van der Waals surface area contributed by atoms with E-state index in [4.69, 9.17) is 9.84 Å². The first-order valence-corrected chi connectivity index (χ1v) is 11.6. The SMILES string of the molecule is Cc1c(CCc2cc(S(C)(=O)=O)ccc2OCc2ccccc2)ccc(C(=O)O)c1O. The van der Waals surface area contributed by atoms with Crippen LogP contribution in [0, 0.1) is 6.92 Å². The summed E-state index contributed by atoms with van der Waals surface area (Å²) in [5.41, 5.74) is 2.84. The number of carboxylic acid groups (broad SMARTS) is 1. The maximum atomic E-state index is 12.0. The summed E-state index contributed by atoms with van der Waals surface area (Å²) < 4.78 is 30.0. The molecule has 3 rings (SSSR count). The van der Waals surface area contributed by atoms with Gasteiger partial charge in [-0.3, -0.25) is 0 Å². The van der Waals surface area contributed by atoms with E-state index in [0.29, 0.717) is 30.8 Å². The number of ether oxygens (including phenoxy) is 1. The van der Waals surface area contributed by atoms with E-state index in [9.17, 15) is 18.3 Å². The summed E-state index contributed by atoms with van der Waals surface area (Å²) in [6.45, 7) is 2.01. The van der Waals surface area contributed by atoms with Gasteiger partial charge in [0.25, 0.3) is 0 Å². The van der Waals surface area contributed by atoms with Crippen molar-refractivity contribution >= 4 is 15.8 Å². The quantitative estimate of drug-likeness (QED) is 0.545. The normalized spacial score (nSPS) is 11.3. The third kappa shape index (κ3) is 5.44. The molecule has 0 fully saturated rings. The number of rotatable bonds is 8. The van der Waals surface area contributed by atoms with Gasteiger partial charge < -0.3 is 14.9 Å². The van der Waals surface area contributed by atoms with Crippen LogP contribution in [0.2, 0.25) is 0 Å². The highest BCUT2D eigenvalue weighted by atomic mass is 32.2. The fourth-order valence-electron chi connectivity index (χ4n) is 3.31. The number of aryl methyl sites for hydroxylation is 2. The standard InChI is InChI=1S/C24H24O6S/c1-16-18(10-12-21(23(16)25)24(26)27)8-9-19-14-20(31(2,28)29)11-13-22(19)30-15-17-6-4-3-5-7-17/h3-7,10-14,25H,8-9,15H2,1-2H3,(H,26,27). The molecule has 0 unspecified atom stereocenters. The first kappa shape index (κ1) is 22.4. The highest BCUT2D eigenvalue weighted by Crippen LogP contribution is 2.29. The first-order valence-electron chi connectivity index (χ1n) is 9.71. The predicted octanol–water partition coefficient (Wildman–Crippen LogP) is 4.17. The topological polar surface area (TPSA) is 101 Å². The third-order valence-corrected chi connectivity index (χ3v) is 6.24. The van der Waals surface area contributed by atoms with Gasteiger partial charge in [-0.1, -0.05) is 36.4 Å². The van der Waals surface area contributed by atoms with Crippen molar-refractivity contribution in [3.05, 3.63) is 88.5 Å². The van der Waals surface area contributed by atoms with E-state index in [1.807, 2.05) is 30.3 Å². The summed E-state index contributed by atoms with van der Waals surface area (Å²) >= 11 is 0. The molecular formula is C24H24O6S. The molecule has 0 radical (unpaired) electrons. The molecule has 0 spiro atoms. The third-order valence-electron chi connectivity index (χ3n) is 5.13. The van der Waals surface area contributed by atoms with Gasteiger partial charge in [0.15, 0.2) is 9.84 Å². The lowest BCUT2D eigenvalue weighted by atomic mass is 9.97. The number of carbonyl (C=O) groups is 1. The highest BCUT2D eigenvalue weighted by molar-refractivity contribution is 7.90. The molecule has 0 heterocycles. The Morgan fingerprint density at radius 2 is 1.65 bits per heavy atom. The van der Waals surface area contributed by atoms with Gasteiger partial charge in [-0.25, -0.2) is 13.2 Å². The molecule has 0 aromatic heterocycles. The summed E-state index contributed by atoms with van der Waals surface area (Å²) in [6.07, 6.45) is 2.10. The van der Waals surface area contributed by atoms with Crippen LogP contribution >= 0.6 is 0 Å². The van der Waals surface area contributed by atoms with Crippen molar-refractivity contribution in [2.24, 2.45) is 0 Å². The van der Waals surface area contributed by atoms with Crippen LogP contribution in [-0.2, 0) is 29.3 Å². The minimum Gasteiger partial charge on any atom is -0.507 e. The number of benzene rings is 3. The molecule has 0 aliphatic carbocycles. The summed E-state index contributed by atoms with van der Waals surface area (Å²) in [5, 5.41) is 19.3. The van der Waals surface area contributed by atoms with E-state index in [2.05, 4.69) is 0 Å². The number of carboxylic acids is 1. The van der Waals surface area contributed by atoms with Crippen molar-refractivity contribution < 1.29 is 28.2 Å². The zero-order valence-electron chi connectivity index (χ0n) is 17.3. The van der Waals surface area contributed by atoms with Gasteiger partial charge in [-0.2, -0.15) is 0 Å². The second-order valence-electron chi connectivity index (χ2n) is 7.37. The van der Waals surface area contributed by atoms with Crippen LogP contribution in [0.25, 0.3) is 0 Å². The van der Waals surface area contributed by atoms with Crippen molar-refractivity contribution in [1.82, 2.24) is 0 Å². The molecule has 0 saturated heterocycles. The van der Waals surface area contributed by atoms with Gasteiger partial charge >= 0.3 is 5.97 Å². The molecule has 162 valence electrons. The molecule has 0 atom stereocenters. The number of sulfone groups is 1. The Hall–Kier alpha value is -3.32. The minimum absolute atomic E-state index is 0.146. The zero-order valence-corrected chi connectivity index (χ0v) is 18.1. The van der Waals surface area contributed by atoms with Gasteiger partial charge in [-0.15, -0.1) is 0 Å². The fourth-order valence-corrected chi connectivity index (χ4v) is 3.98. The molecule has 3 aromatic rings. The Balaban J connectivity index is 1.87. The van der Waals surface area contributed by atoms with E-state index in [1.165, 1.54) is 12.1 Å². The second-order valence-corrected chi connectivity index (χ2v) is 9.38. The molecule has 0 bridgehead atoms. The lowest BCUT2D eigenvalue weighted by molar-refractivity contribution is 0.0693. The molecule has 7 heteroatoms. The molecule has 31 heavy (non-hydrogen) atoms. The smallest absolute Gasteiger partial charge is 0.339 e. The summed E-state index contributed by atoms with van der Waals surface area (Å²) in [6, 6.07) is 17.5. The van der Waals surface area contributed by atoms with Gasteiger partial charge in [0, 0.05) is 6.26 Å². The van der Waals surface area contributed by atoms with E-state index >= 15 is 0 Å². The maximum Gasteiger partial charge on any atom is 0.339 e. The van der Waals surface area contributed by atoms with Crippen molar-refractivity contribution in [3.63, 3.8) is 0 Å². The molecular weight excluding hydrogens is 416 g/mol. The Morgan fingerprint density at radius 1 is 0.968 bits per heavy atom. The van der Waals surface area contributed by atoms with Crippen LogP contribution in [0.5, 0.6) is 11.5 Å². The van der Waals surface area contributed by atoms with Crippen LogP contribution in [0.3, 0.4) is 0 Å². The Kier molecular flexibility index (Phi) is 6.65. The molecule has 0 amide bonds. The van der Waals surface area contributed by atoms with E-state index < -0.39 is 15.8 Å². The number of aromatic carboxylic acids is 1. The number of phenols is 1. The zero-order chi connectivity index (χ0) is 22.6. The van der Waals surface area contributed by atoms with Crippen LogP contribution in [0.15, 0.2) is 65.6 Å². The molecule has 6 nitrogen and oxygen atoms in total. The molecule has 3 aromatic carbocycles. The Labute approximate surface area is 181 Å². The molecule has 0 saturated carbocycles. The van der Waals surface area contributed by atoms with Crippen molar-refractivity contribution in [2.45, 2.75) is 31.3 Å². The average molecular weight is 441 g/mol. The van der Waals surface area contributed by atoms with Gasteiger partial charge in [0.2, 0.25) is 0 Å². The highest BCUT2D eigenvalue weighted by Gasteiger charge is 2.16. The lowest BCUT2D eigenvalue weighted by Gasteiger charge is -2.15. The largest absolute Gasteiger partial charge is 0.507 e. The van der Waals surface area contributed by atoms with Crippen molar-refractivity contribution in [2.75, 3.05) is 6.26 Å². The summed E-state index contributed by atoms with van der Waals surface area (Å²) in [7, 11) is -3.38. The predicted molar refractivity (Wildman–Crippen MR) is 118 cm³/mol. The Bertz CT molecular complexity index is 1200. The molecule has 0 aliphatic heterocycles. The molecule has 0 aliphatic rings. The van der Waals surface area contributed by atoms with Crippen LogP contribution in [0.4, 0.5) is 0 Å². The second kappa shape index (κ2) is 9.22. The average Bonchev–Trinajstić information content (AvgIpc) is 2.73. The summed E-state index contributed by atoms with van der Waals surface area (Å²) in [4.78, 5) is 11.4. The van der Waals surface area contributed by atoms with Crippen molar-refractivity contribution in [3.8, 4) is 11.5 Å².